The molecule has 2 N–H and O–H groups in total. The first-order valence-corrected chi connectivity index (χ1v) is 4.34. The zero-order chi connectivity index (χ0) is 8.97. The molecule has 0 saturated carbocycles. The van der Waals surface area contributed by atoms with Gasteiger partial charge in [-0.25, -0.2) is 0 Å². The molecule has 1 aliphatic rings. The number of hydrogen-bond acceptors (Lipinski definition) is 3. The van der Waals surface area contributed by atoms with Crippen molar-refractivity contribution in [1.29, 1.82) is 0 Å². The van der Waals surface area contributed by atoms with Gasteiger partial charge in [-0.05, 0) is 0 Å². The van der Waals surface area contributed by atoms with Gasteiger partial charge in [0.25, 0.3) is 0 Å². The van der Waals surface area contributed by atoms with Gasteiger partial charge in [-0.2, -0.15) is 0 Å². The minimum Gasteiger partial charge on any atom is -0.348 e. The summed E-state index contributed by atoms with van der Waals surface area (Å²) in [5, 5.41) is 6.45. The number of nitrogens with one attached hydrogen (secondary N) is 2. The number of hydrogen-bond donors (Lipinski definition) is 2. The van der Waals surface area contributed by atoms with Gasteiger partial charge in [0.05, 0.1) is 5.92 Å². The van der Waals surface area contributed by atoms with Crippen LogP contribution in [0.3, 0.4) is 0 Å². The summed E-state index contributed by atoms with van der Waals surface area (Å²) in [6.07, 6.45) is 0. The van der Waals surface area contributed by atoms with E-state index in [0.29, 0.717) is 0 Å². The van der Waals surface area contributed by atoms with Gasteiger partial charge in [0.1, 0.15) is 0 Å². The lowest BCUT2D eigenvalue weighted by molar-refractivity contribution is -0.132. The highest BCUT2D eigenvalue weighted by atomic mass is 16.2. The zero-order valence-corrected chi connectivity index (χ0v) is 7.76. The standard InChI is InChI=1S/C8H17N3O/c1-11(2)8(12)7-5-9-3-4-10-6-7/h7,9-10H,3-6H2,1-2H3. The van der Waals surface area contributed by atoms with Gasteiger partial charge in [0.15, 0.2) is 0 Å². The summed E-state index contributed by atoms with van der Waals surface area (Å²) >= 11 is 0. The molecule has 0 aliphatic carbocycles. The second kappa shape index (κ2) is 4.42. The lowest BCUT2D eigenvalue weighted by Gasteiger charge is -2.18. The summed E-state index contributed by atoms with van der Waals surface area (Å²) in [5.41, 5.74) is 0. The van der Waals surface area contributed by atoms with Gasteiger partial charge >= 0.3 is 0 Å². The van der Waals surface area contributed by atoms with Crippen LogP contribution >= 0.6 is 0 Å². The van der Waals surface area contributed by atoms with E-state index in [0.717, 1.165) is 26.2 Å². The molecule has 1 heterocycles. The smallest absolute Gasteiger partial charge is 0.227 e. The van der Waals surface area contributed by atoms with Crippen molar-refractivity contribution >= 4 is 5.91 Å². The van der Waals surface area contributed by atoms with Crippen molar-refractivity contribution in [3.63, 3.8) is 0 Å². The molecule has 12 heavy (non-hydrogen) atoms. The fraction of sp³-hybridized carbons (Fsp3) is 0.875. The third kappa shape index (κ3) is 2.46. The van der Waals surface area contributed by atoms with Gasteiger partial charge in [0, 0.05) is 40.3 Å². The zero-order valence-electron chi connectivity index (χ0n) is 7.76. The van der Waals surface area contributed by atoms with Gasteiger partial charge in [-0.1, -0.05) is 0 Å². The second-order valence-electron chi connectivity index (χ2n) is 3.34. The minimum atomic E-state index is 0.0995. The van der Waals surface area contributed by atoms with Crippen LogP contribution in [0.5, 0.6) is 0 Å². The maximum absolute atomic E-state index is 11.5. The van der Waals surface area contributed by atoms with E-state index in [1.54, 1.807) is 19.0 Å². The maximum atomic E-state index is 11.5. The average molecular weight is 171 g/mol. The first-order valence-electron chi connectivity index (χ1n) is 4.34. The number of carbonyl (C=O) groups is 1. The van der Waals surface area contributed by atoms with E-state index in [2.05, 4.69) is 10.6 Å². The molecule has 1 amide bonds. The molecule has 1 saturated heterocycles. The molecule has 0 spiro atoms. The molecule has 1 aliphatic heterocycles. The monoisotopic (exact) mass is 171 g/mol. The Labute approximate surface area is 73.3 Å². The highest BCUT2D eigenvalue weighted by molar-refractivity contribution is 5.78. The number of amides is 1. The van der Waals surface area contributed by atoms with E-state index in [9.17, 15) is 4.79 Å². The Hall–Kier alpha value is -0.610. The molecule has 1 rings (SSSR count). The fourth-order valence-electron chi connectivity index (χ4n) is 1.34. The van der Waals surface area contributed by atoms with E-state index in [1.165, 1.54) is 0 Å². The Bertz CT molecular complexity index is 150. The SMILES string of the molecule is CN(C)C(=O)C1CNCCNC1. The van der Waals surface area contributed by atoms with Crippen LogP contribution in [0.4, 0.5) is 0 Å². The first-order chi connectivity index (χ1) is 5.72. The topological polar surface area (TPSA) is 44.4 Å². The summed E-state index contributed by atoms with van der Waals surface area (Å²) in [6, 6.07) is 0. The van der Waals surface area contributed by atoms with E-state index >= 15 is 0 Å². The van der Waals surface area contributed by atoms with Crippen molar-refractivity contribution in [3.05, 3.63) is 0 Å². The van der Waals surface area contributed by atoms with Crippen LogP contribution in [0.15, 0.2) is 0 Å². The summed E-state index contributed by atoms with van der Waals surface area (Å²) in [4.78, 5) is 13.1. The number of rotatable bonds is 1. The van der Waals surface area contributed by atoms with Crippen LogP contribution in [0.1, 0.15) is 0 Å². The van der Waals surface area contributed by atoms with Crippen molar-refractivity contribution in [2.24, 2.45) is 5.92 Å². The van der Waals surface area contributed by atoms with E-state index in [4.69, 9.17) is 0 Å². The summed E-state index contributed by atoms with van der Waals surface area (Å²) in [7, 11) is 3.60. The summed E-state index contributed by atoms with van der Waals surface area (Å²) in [6.45, 7) is 3.50. The second-order valence-corrected chi connectivity index (χ2v) is 3.34. The molecular weight excluding hydrogens is 154 g/mol. The molecule has 0 aromatic heterocycles. The molecule has 0 unspecified atom stereocenters. The van der Waals surface area contributed by atoms with Gasteiger partial charge in [-0.3, -0.25) is 4.79 Å². The Morgan fingerprint density at radius 2 is 1.75 bits per heavy atom. The molecule has 1 fully saturated rings. The highest BCUT2D eigenvalue weighted by Gasteiger charge is 2.20. The Balaban J connectivity index is 2.43. The predicted octanol–water partition coefficient (Wildman–Crippen LogP) is -1.12. The molecule has 4 nitrogen and oxygen atoms in total. The van der Waals surface area contributed by atoms with Gasteiger partial charge < -0.3 is 15.5 Å². The first kappa shape index (κ1) is 9.48. The van der Waals surface area contributed by atoms with Crippen LogP contribution in [0.2, 0.25) is 0 Å². The quantitative estimate of drug-likeness (QED) is 0.525. The molecule has 4 heteroatoms. The lowest BCUT2D eigenvalue weighted by atomic mass is 10.1. The average Bonchev–Trinajstić information content (AvgIpc) is 2.30. The molecule has 0 atom stereocenters. The number of carbonyl (C=O) groups excluding carboxylic acids is 1. The van der Waals surface area contributed by atoms with Gasteiger partial charge in [-0.15, -0.1) is 0 Å². The van der Waals surface area contributed by atoms with Crippen molar-refractivity contribution in [3.8, 4) is 0 Å². The molecule has 0 aromatic rings. The molecule has 70 valence electrons. The largest absolute Gasteiger partial charge is 0.348 e. The van der Waals surface area contributed by atoms with Crippen molar-refractivity contribution < 1.29 is 4.79 Å². The van der Waals surface area contributed by atoms with Crippen LogP contribution in [-0.2, 0) is 4.79 Å². The molecule has 0 radical (unpaired) electrons. The lowest BCUT2D eigenvalue weighted by Crippen LogP contribution is -2.38. The van der Waals surface area contributed by atoms with Crippen molar-refractivity contribution in [2.45, 2.75) is 0 Å². The van der Waals surface area contributed by atoms with E-state index < -0.39 is 0 Å². The van der Waals surface area contributed by atoms with Crippen molar-refractivity contribution in [1.82, 2.24) is 15.5 Å². The summed E-state index contributed by atoms with van der Waals surface area (Å²) in [5.74, 6) is 0.305. The third-order valence-electron chi connectivity index (χ3n) is 2.05. The Morgan fingerprint density at radius 1 is 1.25 bits per heavy atom. The van der Waals surface area contributed by atoms with E-state index in [1.807, 2.05) is 0 Å². The van der Waals surface area contributed by atoms with Gasteiger partial charge in [0.2, 0.25) is 5.91 Å². The molecule has 0 bridgehead atoms. The summed E-state index contributed by atoms with van der Waals surface area (Å²) < 4.78 is 0. The minimum absolute atomic E-state index is 0.0995. The molecular formula is C8H17N3O. The Morgan fingerprint density at radius 3 is 2.17 bits per heavy atom. The van der Waals surface area contributed by atoms with Crippen LogP contribution in [-0.4, -0.2) is 51.1 Å². The third-order valence-corrected chi connectivity index (χ3v) is 2.05. The number of nitrogens with zero attached hydrogens (tertiary/aromatic N) is 1. The van der Waals surface area contributed by atoms with Crippen LogP contribution in [0.25, 0.3) is 0 Å². The van der Waals surface area contributed by atoms with Crippen LogP contribution < -0.4 is 10.6 Å². The Kier molecular flexibility index (Phi) is 3.49. The van der Waals surface area contributed by atoms with E-state index in [-0.39, 0.29) is 11.8 Å². The maximum Gasteiger partial charge on any atom is 0.227 e. The predicted molar refractivity (Wildman–Crippen MR) is 47.9 cm³/mol. The fourth-order valence-corrected chi connectivity index (χ4v) is 1.34. The normalized spacial score (nSPS) is 20.2. The highest BCUT2D eigenvalue weighted by Crippen LogP contribution is 1.99. The van der Waals surface area contributed by atoms with Crippen molar-refractivity contribution in [2.75, 3.05) is 40.3 Å². The molecule has 0 aromatic carbocycles. The van der Waals surface area contributed by atoms with Crippen LogP contribution in [0, 0.1) is 5.92 Å².